The molecular weight excluding hydrogens is 76.9 g/mol. The van der Waals surface area contributed by atoms with E-state index < -0.39 is 0 Å². The second kappa shape index (κ2) is 4.98. The van der Waals surface area contributed by atoms with E-state index in [1.54, 1.807) is 7.11 Å². The number of rotatable bonds is 3. The van der Waals surface area contributed by atoms with Gasteiger partial charge in [-0.1, -0.05) is 0 Å². The Morgan fingerprint density at radius 2 is 2.50 bits per heavy atom. The Kier molecular flexibility index (Phi) is 4.97. The topological polar surface area (TPSA) is 21.3 Å². The van der Waals surface area contributed by atoms with E-state index in [2.05, 4.69) is 9.96 Å². The Labute approximate surface area is 39.3 Å². The Morgan fingerprint density at radius 1 is 1.83 bits per heavy atom. The summed E-state index contributed by atoms with van der Waals surface area (Å²) in [5.41, 5.74) is 0. The van der Waals surface area contributed by atoms with Gasteiger partial charge in [-0.15, -0.1) is 0 Å². The summed E-state index contributed by atoms with van der Waals surface area (Å²) in [4.78, 5) is 0. The first-order valence-corrected chi connectivity index (χ1v) is 1.84. The average Bonchev–Trinajstić information content (AvgIpc) is 1.61. The van der Waals surface area contributed by atoms with Crippen LogP contribution in [0.5, 0.6) is 0 Å². The fourth-order valence-corrected chi connectivity index (χ4v) is 0.161. The van der Waals surface area contributed by atoms with E-state index in [-0.39, 0.29) is 0 Å². The molecule has 0 saturated heterocycles. The van der Waals surface area contributed by atoms with E-state index in [4.69, 9.17) is 7.98 Å². The van der Waals surface area contributed by atoms with Gasteiger partial charge in [-0.2, -0.15) is 0 Å². The van der Waals surface area contributed by atoms with Crippen molar-refractivity contribution in [3.05, 3.63) is 0 Å². The molecule has 0 aliphatic carbocycles. The molecule has 0 heterocycles. The van der Waals surface area contributed by atoms with Gasteiger partial charge in [0, 0.05) is 13.7 Å². The van der Waals surface area contributed by atoms with Gasteiger partial charge in [0.15, 0.2) is 7.98 Å². The molecule has 0 unspecified atom stereocenters. The molecule has 0 aliphatic heterocycles. The zero-order valence-electron chi connectivity index (χ0n) is 3.90. The Bertz CT molecular complexity index is 22.8. The van der Waals surface area contributed by atoms with Crippen LogP contribution >= 0.6 is 0 Å². The molecule has 0 aromatic rings. The van der Waals surface area contributed by atoms with Gasteiger partial charge in [0.2, 0.25) is 0 Å². The van der Waals surface area contributed by atoms with E-state index in [1.165, 1.54) is 0 Å². The van der Waals surface area contributed by atoms with Crippen molar-refractivity contribution in [3.8, 4) is 0 Å². The van der Waals surface area contributed by atoms with Gasteiger partial charge in [-0.3, -0.25) is 0 Å². The largest absolute Gasteiger partial charge is 0.383 e. The SMILES string of the molecule is [B]NCCOC. The summed E-state index contributed by atoms with van der Waals surface area (Å²) in [5.74, 6) is 0. The van der Waals surface area contributed by atoms with Crippen LogP contribution in [-0.4, -0.2) is 28.2 Å². The lowest BCUT2D eigenvalue weighted by Gasteiger charge is -1.92. The van der Waals surface area contributed by atoms with Crippen molar-refractivity contribution in [2.24, 2.45) is 0 Å². The molecule has 0 atom stereocenters. The van der Waals surface area contributed by atoms with E-state index in [9.17, 15) is 0 Å². The predicted octanol–water partition coefficient (Wildman–Crippen LogP) is -0.694. The molecule has 3 heteroatoms. The molecule has 2 nitrogen and oxygen atoms in total. The van der Waals surface area contributed by atoms with Gasteiger partial charge in [-0.05, 0) is 0 Å². The summed E-state index contributed by atoms with van der Waals surface area (Å²) in [6.07, 6.45) is 0. The molecule has 0 rings (SSSR count). The van der Waals surface area contributed by atoms with Gasteiger partial charge in [0.05, 0.1) is 6.61 Å². The third-order valence-electron chi connectivity index (χ3n) is 0.451. The van der Waals surface area contributed by atoms with E-state index in [0.717, 1.165) is 6.54 Å². The lowest BCUT2D eigenvalue weighted by molar-refractivity contribution is 0.204. The van der Waals surface area contributed by atoms with E-state index in [1.807, 2.05) is 0 Å². The van der Waals surface area contributed by atoms with Crippen molar-refractivity contribution < 1.29 is 4.74 Å². The number of hydrogen-bond acceptors (Lipinski definition) is 2. The van der Waals surface area contributed by atoms with Crippen LogP contribution in [0.2, 0.25) is 0 Å². The highest BCUT2D eigenvalue weighted by molar-refractivity contribution is 6.04. The normalized spacial score (nSPS) is 8.83. The van der Waals surface area contributed by atoms with Crippen LogP contribution in [0.25, 0.3) is 0 Å². The van der Waals surface area contributed by atoms with Crippen LogP contribution in [0.15, 0.2) is 0 Å². The first kappa shape index (κ1) is 5.98. The number of methoxy groups -OCH3 is 1. The van der Waals surface area contributed by atoms with E-state index >= 15 is 0 Å². The highest BCUT2D eigenvalue weighted by Gasteiger charge is 1.72. The van der Waals surface area contributed by atoms with E-state index in [0.29, 0.717) is 6.61 Å². The molecule has 0 fully saturated rings. The van der Waals surface area contributed by atoms with Crippen molar-refractivity contribution in [2.75, 3.05) is 20.3 Å². The van der Waals surface area contributed by atoms with Crippen molar-refractivity contribution in [1.82, 2.24) is 5.23 Å². The summed E-state index contributed by atoms with van der Waals surface area (Å²) in [5, 5.41) is 2.44. The molecule has 0 aromatic carbocycles. The fraction of sp³-hybridized carbons (Fsp3) is 1.00. The highest BCUT2D eigenvalue weighted by atomic mass is 16.5. The summed E-state index contributed by atoms with van der Waals surface area (Å²) in [6.45, 7) is 1.40. The van der Waals surface area contributed by atoms with Gasteiger partial charge in [-0.25, -0.2) is 0 Å². The molecule has 0 amide bonds. The van der Waals surface area contributed by atoms with Crippen molar-refractivity contribution in [3.63, 3.8) is 0 Å². The molecule has 2 radical (unpaired) electrons. The van der Waals surface area contributed by atoms with Gasteiger partial charge >= 0.3 is 0 Å². The maximum atomic E-state index is 4.88. The summed E-state index contributed by atoms with van der Waals surface area (Å²) in [6, 6.07) is 0. The maximum Gasteiger partial charge on any atom is 0.177 e. The molecule has 0 aliphatic rings. The quantitative estimate of drug-likeness (QED) is 0.361. The summed E-state index contributed by atoms with van der Waals surface area (Å²) in [7, 11) is 6.52. The second-order valence-electron chi connectivity index (χ2n) is 0.947. The van der Waals surface area contributed by atoms with Gasteiger partial charge in [0.1, 0.15) is 0 Å². The summed E-state index contributed by atoms with van der Waals surface area (Å²) < 4.78 is 4.64. The molecule has 1 N–H and O–H groups in total. The van der Waals surface area contributed by atoms with Crippen LogP contribution in [0.1, 0.15) is 0 Å². The molecular formula is C3H8BNO. The first-order chi connectivity index (χ1) is 2.91. The Balaban J connectivity index is 2.34. The number of nitrogens with one attached hydrogen (secondary N) is 1. The maximum absolute atomic E-state index is 4.88. The number of hydrogen-bond donors (Lipinski definition) is 1. The fourth-order valence-electron chi connectivity index (χ4n) is 0.161. The van der Waals surface area contributed by atoms with Crippen LogP contribution in [0.4, 0.5) is 0 Å². The minimum atomic E-state index is 0.677. The minimum Gasteiger partial charge on any atom is -0.383 e. The molecule has 0 aromatic heterocycles. The van der Waals surface area contributed by atoms with Crippen LogP contribution in [0.3, 0.4) is 0 Å². The standard InChI is InChI=1S/C3H8BNO/c1-6-3-2-5-4/h5H,2-3H2,1H3. The molecule has 0 bridgehead atoms. The van der Waals surface area contributed by atoms with Crippen molar-refractivity contribution >= 4 is 7.98 Å². The lowest BCUT2D eigenvalue weighted by Crippen LogP contribution is -2.14. The second-order valence-corrected chi connectivity index (χ2v) is 0.947. The molecule has 34 valence electrons. The number of ether oxygens (including phenoxy) is 1. The van der Waals surface area contributed by atoms with Crippen LogP contribution in [0, 0.1) is 0 Å². The van der Waals surface area contributed by atoms with Crippen molar-refractivity contribution in [1.29, 1.82) is 0 Å². The van der Waals surface area contributed by atoms with Gasteiger partial charge in [0.25, 0.3) is 0 Å². The zero-order chi connectivity index (χ0) is 4.83. The smallest absolute Gasteiger partial charge is 0.177 e. The summed E-state index contributed by atoms with van der Waals surface area (Å²) >= 11 is 0. The molecule has 0 spiro atoms. The minimum absolute atomic E-state index is 0.677. The van der Waals surface area contributed by atoms with Crippen LogP contribution in [-0.2, 0) is 4.74 Å². The molecule has 6 heavy (non-hydrogen) atoms. The third-order valence-corrected chi connectivity index (χ3v) is 0.451. The highest BCUT2D eigenvalue weighted by Crippen LogP contribution is 1.57. The van der Waals surface area contributed by atoms with Crippen molar-refractivity contribution in [2.45, 2.75) is 0 Å². The van der Waals surface area contributed by atoms with Crippen LogP contribution < -0.4 is 5.23 Å². The molecule has 0 saturated carbocycles. The Morgan fingerprint density at radius 3 is 2.67 bits per heavy atom. The van der Waals surface area contributed by atoms with Gasteiger partial charge < -0.3 is 9.96 Å². The first-order valence-electron chi connectivity index (χ1n) is 1.84. The third kappa shape index (κ3) is 3.98. The Hall–Kier alpha value is -0.0151. The zero-order valence-corrected chi connectivity index (χ0v) is 3.90. The predicted molar refractivity (Wildman–Crippen MR) is 25.6 cm³/mol. The monoisotopic (exact) mass is 85.1 g/mol. The lowest BCUT2D eigenvalue weighted by atomic mass is 10.4. The average molecular weight is 84.9 g/mol.